The zero-order chi connectivity index (χ0) is 13.0. The van der Waals surface area contributed by atoms with Crippen LogP contribution in [0.15, 0.2) is 23.1 Å². The van der Waals surface area contributed by atoms with Gasteiger partial charge in [-0.1, -0.05) is 11.6 Å². The van der Waals surface area contributed by atoms with E-state index in [0.717, 1.165) is 30.1 Å². The van der Waals surface area contributed by atoms with E-state index in [0.29, 0.717) is 0 Å². The molecular weight excluding hydrogens is 272 g/mol. The molecule has 0 saturated carbocycles. The summed E-state index contributed by atoms with van der Waals surface area (Å²) in [6.45, 7) is 0.840. The van der Waals surface area contributed by atoms with Gasteiger partial charge in [-0.2, -0.15) is 0 Å². The first-order valence-electron chi connectivity index (χ1n) is 5.94. The van der Waals surface area contributed by atoms with Crippen LogP contribution in [0.1, 0.15) is 29.6 Å². The Morgan fingerprint density at radius 3 is 3.00 bits per heavy atom. The molecule has 18 heavy (non-hydrogen) atoms. The van der Waals surface area contributed by atoms with Gasteiger partial charge in [0.05, 0.1) is 16.7 Å². The molecule has 1 aliphatic heterocycles. The van der Waals surface area contributed by atoms with Gasteiger partial charge in [0.15, 0.2) is 0 Å². The highest BCUT2D eigenvalue weighted by molar-refractivity contribution is 7.99. The molecule has 0 aliphatic carbocycles. The van der Waals surface area contributed by atoms with Crippen molar-refractivity contribution in [2.24, 2.45) is 0 Å². The lowest BCUT2D eigenvalue weighted by Crippen LogP contribution is -2.21. The number of hydrogen-bond donors (Lipinski definition) is 1. The Bertz CT molecular complexity index is 430. The summed E-state index contributed by atoms with van der Waals surface area (Å²) >= 11 is 7.45. The number of ether oxygens (including phenoxy) is 1. The molecule has 98 valence electrons. The van der Waals surface area contributed by atoms with Crippen molar-refractivity contribution in [3.05, 3.63) is 28.8 Å². The third kappa shape index (κ3) is 3.64. The molecule has 0 amide bonds. The van der Waals surface area contributed by atoms with Crippen LogP contribution in [0.2, 0.25) is 5.02 Å². The molecule has 1 fully saturated rings. The minimum Gasteiger partial charge on any atom is -0.478 e. The average Bonchev–Trinajstić information content (AvgIpc) is 2.38. The lowest BCUT2D eigenvalue weighted by molar-refractivity contribution is 0.0315. The number of hydrogen-bond acceptors (Lipinski definition) is 3. The summed E-state index contributed by atoms with van der Waals surface area (Å²) in [6, 6.07) is 5.11. The normalized spacial score (nSPS) is 19.7. The van der Waals surface area contributed by atoms with E-state index in [1.807, 2.05) is 6.07 Å². The summed E-state index contributed by atoms with van der Waals surface area (Å²) in [6.07, 6.45) is 3.73. The Balaban J connectivity index is 1.96. The highest BCUT2D eigenvalue weighted by atomic mass is 35.5. The molecule has 1 saturated heterocycles. The first-order chi connectivity index (χ1) is 8.66. The van der Waals surface area contributed by atoms with Gasteiger partial charge in [0.2, 0.25) is 0 Å². The molecule has 0 aromatic heterocycles. The zero-order valence-corrected chi connectivity index (χ0v) is 11.5. The fraction of sp³-hybridized carbons (Fsp3) is 0.462. The quantitative estimate of drug-likeness (QED) is 0.857. The predicted molar refractivity (Wildman–Crippen MR) is 72.7 cm³/mol. The molecular formula is C13H15ClO3S. The Morgan fingerprint density at radius 1 is 1.50 bits per heavy atom. The summed E-state index contributed by atoms with van der Waals surface area (Å²) in [5.41, 5.74) is 0.159. The Labute approximate surface area is 115 Å². The van der Waals surface area contributed by atoms with E-state index in [4.69, 9.17) is 21.4 Å². The predicted octanol–water partition coefficient (Wildman–Crippen LogP) is 3.70. The second-order valence-corrected chi connectivity index (χ2v) is 5.75. The molecule has 1 N–H and O–H groups in total. The highest BCUT2D eigenvalue weighted by Gasteiger charge is 2.15. The third-order valence-corrected chi connectivity index (χ3v) is 4.33. The summed E-state index contributed by atoms with van der Waals surface area (Å²) in [5, 5.41) is 9.27. The molecule has 2 rings (SSSR count). The molecule has 1 unspecified atom stereocenters. The number of benzene rings is 1. The van der Waals surface area contributed by atoms with Crippen molar-refractivity contribution in [2.75, 3.05) is 12.4 Å². The van der Waals surface area contributed by atoms with Gasteiger partial charge in [0, 0.05) is 17.3 Å². The van der Waals surface area contributed by atoms with E-state index in [1.54, 1.807) is 23.9 Å². The standard InChI is InChI=1S/C13H15ClO3S/c14-12-5-4-10(7-11(12)13(15)16)18-8-9-3-1-2-6-17-9/h4-5,7,9H,1-3,6,8H2,(H,15,16). The molecule has 1 atom stereocenters. The fourth-order valence-electron chi connectivity index (χ4n) is 1.89. The largest absolute Gasteiger partial charge is 0.478 e. The number of aromatic carboxylic acids is 1. The number of rotatable bonds is 4. The van der Waals surface area contributed by atoms with Crippen molar-refractivity contribution >= 4 is 29.3 Å². The van der Waals surface area contributed by atoms with Crippen molar-refractivity contribution in [1.82, 2.24) is 0 Å². The molecule has 0 bridgehead atoms. The van der Waals surface area contributed by atoms with Crippen LogP contribution in [0, 0.1) is 0 Å². The monoisotopic (exact) mass is 286 g/mol. The molecule has 0 spiro atoms. The van der Waals surface area contributed by atoms with Crippen molar-refractivity contribution in [2.45, 2.75) is 30.3 Å². The number of carbonyl (C=O) groups is 1. The maximum atomic E-state index is 11.0. The van der Waals surface area contributed by atoms with Gasteiger partial charge >= 0.3 is 5.97 Å². The van der Waals surface area contributed by atoms with Crippen molar-refractivity contribution < 1.29 is 14.6 Å². The lowest BCUT2D eigenvalue weighted by Gasteiger charge is -2.22. The smallest absolute Gasteiger partial charge is 0.337 e. The van der Waals surface area contributed by atoms with E-state index < -0.39 is 5.97 Å². The van der Waals surface area contributed by atoms with Crippen LogP contribution >= 0.6 is 23.4 Å². The minimum atomic E-state index is -0.989. The molecule has 1 aromatic carbocycles. The van der Waals surface area contributed by atoms with Crippen LogP contribution in [0.25, 0.3) is 0 Å². The molecule has 1 heterocycles. The number of carboxylic acid groups (broad SMARTS) is 1. The third-order valence-electron chi connectivity index (χ3n) is 2.88. The summed E-state index contributed by atoms with van der Waals surface area (Å²) in [4.78, 5) is 11.9. The zero-order valence-electron chi connectivity index (χ0n) is 9.89. The van der Waals surface area contributed by atoms with Gasteiger partial charge in [-0.3, -0.25) is 0 Å². The van der Waals surface area contributed by atoms with Crippen LogP contribution in [0.5, 0.6) is 0 Å². The SMILES string of the molecule is O=C(O)c1cc(SCC2CCCCO2)ccc1Cl. The summed E-state index contributed by atoms with van der Waals surface area (Å²) in [7, 11) is 0. The molecule has 1 aromatic rings. The first kappa shape index (κ1) is 13.7. The maximum Gasteiger partial charge on any atom is 0.337 e. The fourth-order valence-corrected chi connectivity index (χ4v) is 3.09. The van der Waals surface area contributed by atoms with Crippen LogP contribution in [-0.4, -0.2) is 29.5 Å². The van der Waals surface area contributed by atoms with E-state index in [9.17, 15) is 4.79 Å². The van der Waals surface area contributed by atoms with Crippen LogP contribution in [0.4, 0.5) is 0 Å². The number of carboxylic acids is 1. The van der Waals surface area contributed by atoms with Crippen LogP contribution < -0.4 is 0 Å². The molecule has 1 aliphatic rings. The summed E-state index contributed by atoms with van der Waals surface area (Å²) < 4.78 is 5.64. The van der Waals surface area contributed by atoms with Gasteiger partial charge < -0.3 is 9.84 Å². The van der Waals surface area contributed by atoms with Crippen LogP contribution in [-0.2, 0) is 4.74 Å². The Morgan fingerprint density at radius 2 is 2.33 bits per heavy atom. The second-order valence-electron chi connectivity index (χ2n) is 4.25. The summed E-state index contributed by atoms with van der Waals surface area (Å²) in [5.74, 6) is -0.128. The van der Waals surface area contributed by atoms with E-state index in [-0.39, 0.29) is 16.7 Å². The Kier molecular flexibility index (Phi) is 4.92. The van der Waals surface area contributed by atoms with Gasteiger partial charge in [0.25, 0.3) is 0 Å². The van der Waals surface area contributed by atoms with Crippen molar-refractivity contribution in [1.29, 1.82) is 0 Å². The van der Waals surface area contributed by atoms with Gasteiger partial charge in [-0.25, -0.2) is 4.79 Å². The topological polar surface area (TPSA) is 46.5 Å². The van der Waals surface area contributed by atoms with Gasteiger partial charge in [-0.05, 0) is 37.5 Å². The Hall–Kier alpha value is -0.710. The van der Waals surface area contributed by atoms with Gasteiger partial charge in [0.1, 0.15) is 0 Å². The number of thioether (sulfide) groups is 1. The van der Waals surface area contributed by atoms with E-state index in [2.05, 4.69) is 0 Å². The number of halogens is 1. The minimum absolute atomic E-state index is 0.159. The molecule has 0 radical (unpaired) electrons. The highest BCUT2D eigenvalue weighted by Crippen LogP contribution is 2.27. The van der Waals surface area contributed by atoms with Gasteiger partial charge in [-0.15, -0.1) is 11.8 Å². The van der Waals surface area contributed by atoms with Crippen molar-refractivity contribution in [3.63, 3.8) is 0 Å². The average molecular weight is 287 g/mol. The second kappa shape index (κ2) is 6.45. The first-order valence-corrected chi connectivity index (χ1v) is 7.30. The van der Waals surface area contributed by atoms with E-state index >= 15 is 0 Å². The van der Waals surface area contributed by atoms with E-state index in [1.165, 1.54) is 6.42 Å². The maximum absolute atomic E-state index is 11.0. The lowest BCUT2D eigenvalue weighted by atomic mass is 10.1. The molecule has 3 nitrogen and oxygen atoms in total. The van der Waals surface area contributed by atoms with Crippen LogP contribution in [0.3, 0.4) is 0 Å². The van der Waals surface area contributed by atoms with Crippen molar-refractivity contribution in [3.8, 4) is 0 Å². The molecule has 5 heteroatoms.